The lowest BCUT2D eigenvalue weighted by Gasteiger charge is -2.11. The lowest BCUT2D eigenvalue weighted by atomic mass is 10.3. The Kier molecular flexibility index (Phi) is 4.19. The van der Waals surface area contributed by atoms with Crippen LogP contribution in [0.4, 0.5) is 10.1 Å². The molecule has 0 fully saturated rings. The van der Waals surface area contributed by atoms with E-state index in [2.05, 4.69) is 36.8 Å². The molecule has 0 aliphatic rings. The van der Waals surface area contributed by atoms with E-state index in [-0.39, 0.29) is 5.69 Å². The summed E-state index contributed by atoms with van der Waals surface area (Å²) in [6.45, 7) is 0.306. The average molecular weight is 376 g/mol. The Bertz CT molecular complexity index is 555. The summed E-state index contributed by atoms with van der Waals surface area (Å²) >= 11 is 6.54. The van der Waals surface area contributed by atoms with E-state index < -0.39 is 5.82 Å². The van der Waals surface area contributed by atoms with Gasteiger partial charge in [0.2, 0.25) is 0 Å². The zero-order valence-electron chi connectivity index (χ0n) is 9.16. The van der Waals surface area contributed by atoms with Crippen LogP contribution in [0, 0.1) is 5.82 Å². The number of aromatic nitrogens is 1. The van der Waals surface area contributed by atoms with E-state index in [4.69, 9.17) is 10.5 Å². The number of hydrogen-bond acceptors (Lipinski definition) is 3. The molecular weight excluding hydrogens is 367 g/mol. The molecule has 0 unspecified atom stereocenters. The van der Waals surface area contributed by atoms with Gasteiger partial charge in [0, 0.05) is 28.5 Å². The van der Waals surface area contributed by atoms with Crippen LogP contribution in [0.1, 0.15) is 5.56 Å². The lowest BCUT2D eigenvalue weighted by Crippen LogP contribution is -2.00. The van der Waals surface area contributed by atoms with Gasteiger partial charge in [-0.05, 0) is 44.0 Å². The summed E-state index contributed by atoms with van der Waals surface area (Å²) < 4.78 is 20.0. The molecule has 1 heterocycles. The van der Waals surface area contributed by atoms with Crippen LogP contribution in [0.5, 0.6) is 5.75 Å². The van der Waals surface area contributed by atoms with E-state index in [9.17, 15) is 4.39 Å². The molecule has 6 heteroatoms. The van der Waals surface area contributed by atoms with Gasteiger partial charge in [-0.25, -0.2) is 4.39 Å². The number of ether oxygens (including phenoxy) is 1. The molecule has 2 aromatic rings. The second-order valence-electron chi connectivity index (χ2n) is 3.61. The first-order valence-electron chi connectivity index (χ1n) is 5.03. The van der Waals surface area contributed by atoms with Crippen molar-refractivity contribution in [2.24, 2.45) is 0 Å². The molecule has 0 atom stereocenters. The Morgan fingerprint density at radius 3 is 2.67 bits per heavy atom. The van der Waals surface area contributed by atoms with E-state index in [1.165, 1.54) is 12.1 Å². The van der Waals surface area contributed by atoms with E-state index in [1.807, 2.05) is 6.07 Å². The van der Waals surface area contributed by atoms with E-state index in [0.29, 0.717) is 16.8 Å². The zero-order valence-corrected chi connectivity index (χ0v) is 12.3. The second kappa shape index (κ2) is 5.67. The molecule has 2 N–H and O–H groups in total. The summed E-state index contributed by atoms with van der Waals surface area (Å²) in [5.74, 6) is 0.0206. The third kappa shape index (κ3) is 3.20. The molecule has 0 amide bonds. The second-order valence-corrected chi connectivity index (χ2v) is 5.38. The summed E-state index contributed by atoms with van der Waals surface area (Å²) in [6.07, 6.45) is 3.38. The Hall–Kier alpha value is -1.14. The van der Waals surface area contributed by atoms with Crippen molar-refractivity contribution in [1.82, 2.24) is 4.98 Å². The number of benzene rings is 1. The van der Waals surface area contributed by atoms with Crippen molar-refractivity contribution in [3.63, 3.8) is 0 Å². The number of pyridine rings is 1. The first-order valence-corrected chi connectivity index (χ1v) is 6.61. The van der Waals surface area contributed by atoms with E-state index in [1.54, 1.807) is 12.4 Å². The fraction of sp³-hybridized carbons (Fsp3) is 0.0833. The van der Waals surface area contributed by atoms with Crippen molar-refractivity contribution in [2.75, 3.05) is 5.73 Å². The molecule has 0 bridgehead atoms. The Labute approximate surface area is 120 Å². The molecule has 1 aromatic heterocycles. The molecule has 18 heavy (non-hydrogen) atoms. The van der Waals surface area contributed by atoms with E-state index in [0.717, 1.165) is 10.0 Å². The maximum absolute atomic E-state index is 13.0. The molecule has 0 saturated carbocycles. The lowest BCUT2D eigenvalue weighted by molar-refractivity contribution is 0.305. The number of halogens is 3. The van der Waals surface area contributed by atoms with Crippen molar-refractivity contribution in [1.29, 1.82) is 0 Å². The molecule has 0 saturated heterocycles. The van der Waals surface area contributed by atoms with Crippen LogP contribution in [0.25, 0.3) is 0 Å². The topological polar surface area (TPSA) is 48.1 Å². The Morgan fingerprint density at radius 1 is 1.22 bits per heavy atom. The summed E-state index contributed by atoms with van der Waals surface area (Å²) in [5.41, 5.74) is 6.84. The van der Waals surface area contributed by atoms with Gasteiger partial charge >= 0.3 is 0 Å². The normalized spacial score (nSPS) is 10.4. The molecule has 2 rings (SSSR count). The van der Waals surface area contributed by atoms with Crippen molar-refractivity contribution >= 4 is 37.5 Å². The first-order chi connectivity index (χ1) is 8.56. The van der Waals surface area contributed by atoms with Gasteiger partial charge in [-0.3, -0.25) is 4.98 Å². The standard InChI is InChI=1S/C12H9Br2FN2O/c13-8-1-7(4-17-5-8)6-18-12-10(14)2-9(15)3-11(12)16/h1-5H,6,16H2. The smallest absolute Gasteiger partial charge is 0.157 e. The molecule has 0 aliphatic heterocycles. The van der Waals surface area contributed by atoms with Crippen LogP contribution in [0.3, 0.4) is 0 Å². The monoisotopic (exact) mass is 374 g/mol. The van der Waals surface area contributed by atoms with Crippen molar-refractivity contribution < 1.29 is 9.13 Å². The van der Waals surface area contributed by atoms with Gasteiger partial charge in [-0.15, -0.1) is 0 Å². The van der Waals surface area contributed by atoms with Crippen molar-refractivity contribution in [2.45, 2.75) is 6.61 Å². The fourth-order valence-corrected chi connectivity index (χ4v) is 2.40. The minimum Gasteiger partial charge on any atom is -0.485 e. The quantitative estimate of drug-likeness (QED) is 0.827. The number of nitrogen functional groups attached to an aromatic ring is 1. The number of hydrogen-bond donors (Lipinski definition) is 1. The SMILES string of the molecule is Nc1cc(F)cc(Br)c1OCc1cncc(Br)c1. The number of anilines is 1. The molecule has 0 radical (unpaired) electrons. The average Bonchev–Trinajstić information content (AvgIpc) is 2.27. The molecule has 0 spiro atoms. The molecule has 0 aliphatic carbocycles. The highest BCUT2D eigenvalue weighted by molar-refractivity contribution is 9.10. The molecule has 94 valence electrons. The van der Waals surface area contributed by atoms with Crippen LogP contribution >= 0.6 is 31.9 Å². The van der Waals surface area contributed by atoms with Crippen LogP contribution < -0.4 is 10.5 Å². The van der Waals surface area contributed by atoms with Gasteiger partial charge in [-0.1, -0.05) is 0 Å². The summed E-state index contributed by atoms with van der Waals surface area (Å²) in [7, 11) is 0. The maximum Gasteiger partial charge on any atom is 0.157 e. The number of nitrogens with two attached hydrogens (primary N) is 1. The molecule has 3 nitrogen and oxygen atoms in total. The molecule has 1 aromatic carbocycles. The maximum atomic E-state index is 13.0. The summed E-state index contributed by atoms with van der Waals surface area (Å²) in [6, 6.07) is 4.42. The zero-order chi connectivity index (χ0) is 13.1. The van der Waals surface area contributed by atoms with Crippen molar-refractivity contribution in [3.8, 4) is 5.75 Å². The fourth-order valence-electron chi connectivity index (χ4n) is 1.42. The van der Waals surface area contributed by atoms with Crippen LogP contribution in [-0.4, -0.2) is 4.98 Å². The van der Waals surface area contributed by atoms with Gasteiger partial charge in [0.1, 0.15) is 12.4 Å². The highest BCUT2D eigenvalue weighted by atomic mass is 79.9. The first kappa shape index (κ1) is 13.3. The largest absolute Gasteiger partial charge is 0.485 e. The van der Waals surface area contributed by atoms with E-state index >= 15 is 0 Å². The number of rotatable bonds is 3. The minimum atomic E-state index is -0.407. The Morgan fingerprint density at radius 2 is 2.00 bits per heavy atom. The van der Waals surface area contributed by atoms with Crippen molar-refractivity contribution in [3.05, 3.63) is 50.9 Å². The van der Waals surface area contributed by atoms with Gasteiger partial charge in [0.25, 0.3) is 0 Å². The highest BCUT2D eigenvalue weighted by Crippen LogP contribution is 2.33. The van der Waals surface area contributed by atoms with Gasteiger partial charge < -0.3 is 10.5 Å². The predicted molar refractivity (Wildman–Crippen MR) is 74.8 cm³/mol. The van der Waals surface area contributed by atoms with Gasteiger partial charge in [-0.2, -0.15) is 0 Å². The van der Waals surface area contributed by atoms with Gasteiger partial charge in [0.15, 0.2) is 5.75 Å². The predicted octanol–water partition coefficient (Wildman–Crippen LogP) is 3.91. The third-order valence-corrected chi connectivity index (χ3v) is 3.20. The summed E-state index contributed by atoms with van der Waals surface area (Å²) in [4.78, 5) is 4.03. The minimum absolute atomic E-state index is 0.254. The number of nitrogens with zero attached hydrogens (tertiary/aromatic N) is 1. The highest BCUT2D eigenvalue weighted by Gasteiger charge is 2.09. The Balaban J connectivity index is 2.16. The van der Waals surface area contributed by atoms with Crippen LogP contribution in [-0.2, 0) is 6.61 Å². The van der Waals surface area contributed by atoms with Gasteiger partial charge in [0.05, 0.1) is 10.2 Å². The van der Waals surface area contributed by atoms with Crippen LogP contribution in [0.15, 0.2) is 39.5 Å². The summed E-state index contributed by atoms with van der Waals surface area (Å²) in [5, 5.41) is 0. The molecular formula is C12H9Br2FN2O. The third-order valence-electron chi connectivity index (χ3n) is 2.18. The van der Waals surface area contributed by atoms with Crippen LogP contribution in [0.2, 0.25) is 0 Å².